The Balaban J connectivity index is 2.35. The summed E-state index contributed by atoms with van der Waals surface area (Å²) in [5.41, 5.74) is 3.85. The second-order valence-electron chi connectivity index (χ2n) is 4.88. The minimum absolute atomic E-state index is 0.215. The van der Waals surface area contributed by atoms with E-state index in [0.29, 0.717) is 0 Å². The lowest BCUT2D eigenvalue weighted by molar-refractivity contribution is 0.275. The highest BCUT2D eigenvalue weighted by Crippen LogP contribution is 2.50. The molecule has 0 aliphatic rings. The smallest absolute Gasteiger partial charge is 0.312 e. The van der Waals surface area contributed by atoms with Crippen LogP contribution in [0.2, 0.25) is 0 Å². The molecule has 0 aliphatic heterocycles. The average Bonchev–Trinajstić information content (AvgIpc) is 2.61. The maximum Gasteiger partial charge on any atom is 0.334 e. The number of hydrogen-bond acceptors (Lipinski definition) is 4. The molecule has 0 N–H and O–H groups in total. The summed E-state index contributed by atoms with van der Waals surface area (Å²) in [5, 5.41) is 8.56. The van der Waals surface area contributed by atoms with Crippen LogP contribution < -0.4 is 0 Å². The first kappa shape index (κ1) is 17.2. The first-order valence-corrected chi connectivity index (χ1v) is 8.79. The summed E-state index contributed by atoms with van der Waals surface area (Å²) in [6, 6.07) is 17.5. The molecule has 4 nitrogen and oxygen atoms in total. The summed E-state index contributed by atoms with van der Waals surface area (Å²) >= 11 is 0. The van der Waals surface area contributed by atoms with Crippen molar-refractivity contribution in [1.82, 2.24) is 0 Å². The molecule has 2 aromatic carbocycles. The fraction of sp³-hybridized carbons (Fsp3) is 0.167. The highest BCUT2D eigenvalue weighted by molar-refractivity contribution is 7.52. The molecule has 23 heavy (non-hydrogen) atoms. The summed E-state index contributed by atoms with van der Waals surface area (Å²) in [6.45, 7) is 0. The third-order valence-corrected chi connectivity index (χ3v) is 5.35. The van der Waals surface area contributed by atoms with Crippen LogP contribution in [0.15, 0.2) is 54.6 Å². The minimum Gasteiger partial charge on any atom is -0.312 e. The molecule has 118 valence electrons. The van der Waals surface area contributed by atoms with Crippen LogP contribution in [0, 0.1) is 11.3 Å². The quantitative estimate of drug-likeness (QED) is 0.560. The molecule has 0 amide bonds. The van der Waals surface area contributed by atoms with Crippen LogP contribution >= 0.6 is 7.60 Å². The van der Waals surface area contributed by atoms with Crippen molar-refractivity contribution in [2.45, 2.75) is 6.16 Å². The predicted octanol–water partition coefficient (Wildman–Crippen LogP) is 4.88. The van der Waals surface area contributed by atoms with Gasteiger partial charge in [0.1, 0.15) is 0 Å². The number of rotatable bonds is 6. The molecule has 0 aliphatic carbocycles. The SMILES string of the molecule is COP(=O)(Cc1ccccc1-c1ccc(/C=C/C#N)cc1)OC. The van der Waals surface area contributed by atoms with Crippen molar-refractivity contribution in [3.63, 3.8) is 0 Å². The van der Waals surface area contributed by atoms with Crippen molar-refractivity contribution in [2.24, 2.45) is 0 Å². The van der Waals surface area contributed by atoms with Gasteiger partial charge in [0.25, 0.3) is 0 Å². The molecule has 0 saturated heterocycles. The van der Waals surface area contributed by atoms with Crippen molar-refractivity contribution in [2.75, 3.05) is 14.2 Å². The summed E-state index contributed by atoms with van der Waals surface area (Å²) < 4.78 is 22.5. The number of hydrogen-bond donors (Lipinski definition) is 0. The zero-order valence-corrected chi connectivity index (χ0v) is 14.0. The molecule has 0 spiro atoms. The van der Waals surface area contributed by atoms with Crippen LogP contribution in [0.25, 0.3) is 17.2 Å². The van der Waals surface area contributed by atoms with Crippen molar-refractivity contribution in [1.29, 1.82) is 5.26 Å². The Morgan fingerprint density at radius 2 is 1.74 bits per heavy atom. The van der Waals surface area contributed by atoms with Gasteiger partial charge >= 0.3 is 7.60 Å². The normalized spacial score (nSPS) is 11.5. The third kappa shape index (κ3) is 4.40. The maximum absolute atomic E-state index is 12.4. The van der Waals surface area contributed by atoms with Crippen LogP contribution in [0.5, 0.6) is 0 Å². The molecule has 0 radical (unpaired) electrons. The van der Waals surface area contributed by atoms with Crippen molar-refractivity contribution >= 4 is 13.7 Å². The van der Waals surface area contributed by atoms with E-state index in [1.54, 1.807) is 6.08 Å². The summed E-state index contributed by atoms with van der Waals surface area (Å²) in [6.07, 6.45) is 3.41. The largest absolute Gasteiger partial charge is 0.334 e. The zero-order chi connectivity index (χ0) is 16.7. The molecular weight excluding hydrogens is 309 g/mol. The summed E-state index contributed by atoms with van der Waals surface area (Å²) in [7, 11) is -0.338. The summed E-state index contributed by atoms with van der Waals surface area (Å²) in [5.74, 6) is 0. The first-order chi connectivity index (χ1) is 11.1. The van der Waals surface area contributed by atoms with Gasteiger partial charge in [0.2, 0.25) is 0 Å². The van der Waals surface area contributed by atoms with E-state index >= 15 is 0 Å². The lowest BCUT2D eigenvalue weighted by Crippen LogP contribution is -1.96. The Morgan fingerprint density at radius 1 is 1.09 bits per heavy atom. The maximum atomic E-state index is 12.4. The fourth-order valence-corrected chi connectivity index (χ4v) is 3.36. The molecule has 0 aromatic heterocycles. The second kappa shape index (κ2) is 7.89. The molecule has 0 unspecified atom stereocenters. The molecule has 2 rings (SSSR count). The molecule has 0 bridgehead atoms. The van der Waals surface area contributed by atoms with Crippen LogP contribution in [0.4, 0.5) is 0 Å². The van der Waals surface area contributed by atoms with Crippen LogP contribution in [0.1, 0.15) is 11.1 Å². The monoisotopic (exact) mass is 327 g/mol. The lowest BCUT2D eigenvalue weighted by atomic mass is 9.99. The van der Waals surface area contributed by atoms with Crippen molar-refractivity contribution < 1.29 is 13.6 Å². The Hall–Kier alpha value is -2.18. The van der Waals surface area contributed by atoms with Gasteiger partial charge in [-0.2, -0.15) is 5.26 Å². The molecule has 0 heterocycles. The Labute approximate surface area is 136 Å². The Bertz CT molecular complexity index is 768. The molecule has 0 saturated carbocycles. The van der Waals surface area contributed by atoms with Gasteiger partial charge in [-0.1, -0.05) is 48.5 Å². The van der Waals surface area contributed by atoms with E-state index < -0.39 is 7.60 Å². The topological polar surface area (TPSA) is 59.3 Å². The van der Waals surface area contributed by atoms with Gasteiger partial charge in [0, 0.05) is 20.3 Å². The first-order valence-electron chi connectivity index (χ1n) is 7.07. The van der Waals surface area contributed by atoms with Gasteiger partial charge < -0.3 is 9.05 Å². The van der Waals surface area contributed by atoms with E-state index in [1.165, 1.54) is 20.3 Å². The number of nitriles is 1. The number of allylic oxidation sites excluding steroid dienone is 1. The second-order valence-corrected chi connectivity index (χ2v) is 7.14. The third-order valence-electron chi connectivity index (χ3n) is 3.51. The van der Waals surface area contributed by atoms with Gasteiger partial charge in [-0.05, 0) is 28.3 Å². The van der Waals surface area contributed by atoms with E-state index in [4.69, 9.17) is 14.3 Å². The van der Waals surface area contributed by atoms with Crippen LogP contribution in [-0.4, -0.2) is 14.2 Å². The number of nitrogens with zero attached hydrogens (tertiary/aromatic N) is 1. The molecule has 5 heteroatoms. The zero-order valence-electron chi connectivity index (χ0n) is 13.1. The Morgan fingerprint density at radius 3 is 2.35 bits per heavy atom. The summed E-state index contributed by atoms with van der Waals surface area (Å²) in [4.78, 5) is 0. The van der Waals surface area contributed by atoms with Gasteiger partial charge in [0.15, 0.2) is 0 Å². The highest BCUT2D eigenvalue weighted by atomic mass is 31.2. The van der Waals surface area contributed by atoms with Crippen molar-refractivity contribution in [3.05, 3.63) is 65.7 Å². The van der Waals surface area contributed by atoms with Crippen LogP contribution in [-0.2, 0) is 19.8 Å². The van der Waals surface area contributed by atoms with E-state index in [1.807, 2.05) is 54.6 Å². The van der Waals surface area contributed by atoms with E-state index in [9.17, 15) is 4.57 Å². The van der Waals surface area contributed by atoms with Crippen LogP contribution in [0.3, 0.4) is 0 Å². The standard InChI is InChI=1S/C18H18NO3P/c1-21-23(20,22-2)14-17-7-3-4-8-18(17)16-11-9-15(10-12-16)6-5-13-19/h3-12H,14H2,1-2H3/b6-5+. The fourth-order valence-electron chi connectivity index (χ4n) is 2.26. The van der Waals surface area contributed by atoms with Gasteiger partial charge in [-0.15, -0.1) is 0 Å². The lowest BCUT2D eigenvalue weighted by Gasteiger charge is -2.16. The van der Waals surface area contributed by atoms with Gasteiger partial charge in [-0.25, -0.2) is 0 Å². The predicted molar refractivity (Wildman–Crippen MR) is 91.9 cm³/mol. The minimum atomic E-state index is -3.12. The Kier molecular flexibility index (Phi) is 5.90. The molecular formula is C18H18NO3P. The van der Waals surface area contributed by atoms with E-state index in [-0.39, 0.29) is 6.16 Å². The van der Waals surface area contributed by atoms with Gasteiger partial charge in [-0.3, -0.25) is 4.57 Å². The number of benzene rings is 2. The molecule has 0 atom stereocenters. The van der Waals surface area contributed by atoms with Gasteiger partial charge in [0.05, 0.1) is 12.2 Å². The van der Waals surface area contributed by atoms with Crippen molar-refractivity contribution in [3.8, 4) is 17.2 Å². The van der Waals surface area contributed by atoms with E-state index in [2.05, 4.69) is 0 Å². The highest BCUT2D eigenvalue weighted by Gasteiger charge is 2.23. The van der Waals surface area contributed by atoms with E-state index in [0.717, 1.165) is 22.3 Å². The average molecular weight is 327 g/mol. The molecule has 0 fully saturated rings. The molecule has 2 aromatic rings.